The van der Waals surface area contributed by atoms with Gasteiger partial charge in [-0.3, -0.25) is 9.59 Å². The van der Waals surface area contributed by atoms with Crippen LogP contribution < -0.4 is 10.1 Å². The smallest absolute Gasteiger partial charge is 0.339 e. The van der Waals surface area contributed by atoms with E-state index >= 15 is 0 Å². The minimum Gasteiger partial charge on any atom is -0.497 e. The lowest BCUT2D eigenvalue weighted by Crippen LogP contribution is -2.38. The zero-order chi connectivity index (χ0) is 16.7. The van der Waals surface area contributed by atoms with Crippen molar-refractivity contribution in [3.63, 3.8) is 0 Å². The minimum atomic E-state index is -0.667. The van der Waals surface area contributed by atoms with Gasteiger partial charge in [0.2, 0.25) is 5.91 Å². The SMILES string of the molecule is COc1ccc(Br)c(C(=O)OCC(=O)NCC(=O)N(C)C)c1. The van der Waals surface area contributed by atoms with Gasteiger partial charge in [-0.1, -0.05) is 0 Å². The second kappa shape index (κ2) is 8.38. The summed E-state index contributed by atoms with van der Waals surface area (Å²) in [7, 11) is 4.64. The molecule has 8 heteroatoms. The first-order valence-corrected chi connectivity index (χ1v) is 7.12. The van der Waals surface area contributed by atoms with E-state index in [2.05, 4.69) is 21.2 Å². The summed E-state index contributed by atoms with van der Waals surface area (Å²) in [4.78, 5) is 36.1. The third-order valence-corrected chi connectivity index (χ3v) is 3.35. The highest BCUT2D eigenvalue weighted by Gasteiger charge is 2.15. The Morgan fingerprint density at radius 1 is 1.27 bits per heavy atom. The number of esters is 1. The second-order valence-corrected chi connectivity index (χ2v) is 5.34. The summed E-state index contributed by atoms with van der Waals surface area (Å²) < 4.78 is 10.5. The summed E-state index contributed by atoms with van der Waals surface area (Å²) in [6.07, 6.45) is 0. The second-order valence-electron chi connectivity index (χ2n) is 4.49. The molecule has 0 unspecified atom stereocenters. The van der Waals surface area contributed by atoms with E-state index in [0.717, 1.165) is 0 Å². The van der Waals surface area contributed by atoms with Crippen LogP contribution in [-0.2, 0) is 14.3 Å². The zero-order valence-corrected chi connectivity index (χ0v) is 14.1. The van der Waals surface area contributed by atoms with E-state index in [1.165, 1.54) is 18.1 Å². The van der Waals surface area contributed by atoms with Crippen molar-refractivity contribution in [3.05, 3.63) is 28.2 Å². The van der Waals surface area contributed by atoms with Gasteiger partial charge in [0, 0.05) is 18.6 Å². The van der Waals surface area contributed by atoms with E-state index < -0.39 is 18.5 Å². The molecule has 0 fully saturated rings. The third kappa shape index (κ3) is 5.36. The van der Waals surface area contributed by atoms with Gasteiger partial charge in [-0.2, -0.15) is 0 Å². The predicted octanol–water partition coefficient (Wildman–Crippen LogP) is 0.819. The summed E-state index contributed by atoms with van der Waals surface area (Å²) in [6.45, 7) is -0.616. The highest BCUT2D eigenvalue weighted by Crippen LogP contribution is 2.23. The Morgan fingerprint density at radius 2 is 1.95 bits per heavy atom. The fourth-order valence-electron chi connectivity index (χ4n) is 1.38. The van der Waals surface area contributed by atoms with Crippen LogP contribution in [0.5, 0.6) is 5.75 Å². The molecule has 1 aromatic rings. The summed E-state index contributed by atoms with van der Waals surface area (Å²) in [5.74, 6) is -0.978. The Labute approximate surface area is 136 Å². The number of rotatable bonds is 6. The number of amides is 2. The van der Waals surface area contributed by atoms with E-state index in [1.807, 2.05) is 0 Å². The van der Waals surface area contributed by atoms with E-state index in [0.29, 0.717) is 10.2 Å². The van der Waals surface area contributed by atoms with Crippen LogP contribution in [-0.4, -0.2) is 57.0 Å². The molecule has 0 radical (unpaired) electrons. The van der Waals surface area contributed by atoms with Gasteiger partial charge in [0.15, 0.2) is 6.61 Å². The summed E-state index contributed by atoms with van der Waals surface area (Å²) in [5, 5.41) is 2.36. The summed E-state index contributed by atoms with van der Waals surface area (Å²) >= 11 is 3.23. The van der Waals surface area contributed by atoms with E-state index in [1.54, 1.807) is 26.2 Å². The van der Waals surface area contributed by atoms with Gasteiger partial charge in [0.05, 0.1) is 19.2 Å². The topological polar surface area (TPSA) is 84.9 Å². The van der Waals surface area contributed by atoms with Gasteiger partial charge in [-0.05, 0) is 34.1 Å². The molecule has 0 spiro atoms. The lowest BCUT2D eigenvalue weighted by atomic mass is 10.2. The number of ether oxygens (including phenoxy) is 2. The van der Waals surface area contributed by atoms with Crippen LogP contribution in [0.3, 0.4) is 0 Å². The van der Waals surface area contributed by atoms with Gasteiger partial charge >= 0.3 is 5.97 Å². The molecule has 2 amide bonds. The maximum Gasteiger partial charge on any atom is 0.339 e. The molecular formula is C14H17BrN2O5. The van der Waals surface area contributed by atoms with Crippen molar-refractivity contribution < 1.29 is 23.9 Å². The number of halogens is 1. The van der Waals surface area contributed by atoms with Gasteiger partial charge < -0.3 is 19.7 Å². The molecule has 1 N–H and O–H groups in total. The Balaban J connectivity index is 2.52. The number of carbonyl (C=O) groups excluding carboxylic acids is 3. The van der Waals surface area contributed by atoms with E-state index in [4.69, 9.17) is 9.47 Å². The highest BCUT2D eigenvalue weighted by atomic mass is 79.9. The Morgan fingerprint density at radius 3 is 2.55 bits per heavy atom. The first-order chi connectivity index (χ1) is 10.3. The number of methoxy groups -OCH3 is 1. The van der Waals surface area contributed by atoms with Gasteiger partial charge in [0.25, 0.3) is 5.91 Å². The normalized spacial score (nSPS) is 9.82. The van der Waals surface area contributed by atoms with Crippen molar-refractivity contribution >= 4 is 33.7 Å². The largest absolute Gasteiger partial charge is 0.497 e. The van der Waals surface area contributed by atoms with E-state index in [9.17, 15) is 14.4 Å². The monoisotopic (exact) mass is 372 g/mol. The lowest BCUT2D eigenvalue weighted by molar-refractivity contribution is -0.131. The van der Waals surface area contributed by atoms with Crippen molar-refractivity contribution in [2.24, 2.45) is 0 Å². The number of carbonyl (C=O) groups is 3. The number of hydrogen-bond donors (Lipinski definition) is 1. The van der Waals surface area contributed by atoms with Crippen molar-refractivity contribution in [1.29, 1.82) is 0 Å². The maximum absolute atomic E-state index is 11.9. The summed E-state index contributed by atoms with van der Waals surface area (Å²) in [5.41, 5.74) is 0.247. The highest BCUT2D eigenvalue weighted by molar-refractivity contribution is 9.10. The van der Waals surface area contributed by atoms with Crippen LogP contribution in [0.1, 0.15) is 10.4 Å². The molecular weight excluding hydrogens is 356 g/mol. The molecule has 0 bridgehead atoms. The molecule has 0 aromatic heterocycles. The molecule has 0 aliphatic heterocycles. The van der Waals surface area contributed by atoms with Gasteiger partial charge in [0.1, 0.15) is 5.75 Å². The van der Waals surface area contributed by atoms with Crippen molar-refractivity contribution in [3.8, 4) is 5.75 Å². The number of nitrogens with one attached hydrogen (secondary N) is 1. The van der Waals surface area contributed by atoms with Crippen LogP contribution in [0.25, 0.3) is 0 Å². The van der Waals surface area contributed by atoms with Crippen LogP contribution in [0.15, 0.2) is 22.7 Å². The number of likely N-dealkylation sites (N-methyl/N-ethyl adjacent to an activating group) is 1. The molecule has 0 atom stereocenters. The van der Waals surface area contributed by atoms with Crippen LogP contribution in [0.2, 0.25) is 0 Å². The number of benzene rings is 1. The van der Waals surface area contributed by atoms with Crippen molar-refractivity contribution in [2.45, 2.75) is 0 Å². The first-order valence-electron chi connectivity index (χ1n) is 6.32. The number of nitrogens with zero attached hydrogens (tertiary/aromatic N) is 1. The molecule has 7 nitrogen and oxygen atoms in total. The molecule has 1 aromatic carbocycles. The zero-order valence-electron chi connectivity index (χ0n) is 12.5. The minimum absolute atomic E-state index is 0.147. The summed E-state index contributed by atoms with van der Waals surface area (Å²) in [6, 6.07) is 4.82. The Bertz CT molecular complexity index is 574. The Hall–Kier alpha value is -2.09. The third-order valence-electron chi connectivity index (χ3n) is 2.66. The fourth-order valence-corrected chi connectivity index (χ4v) is 1.79. The standard InChI is InChI=1S/C14H17BrN2O5/c1-17(2)13(19)7-16-12(18)8-22-14(20)10-6-9(21-3)4-5-11(10)15/h4-6H,7-8H2,1-3H3,(H,16,18). The fraction of sp³-hybridized carbons (Fsp3) is 0.357. The maximum atomic E-state index is 11.9. The predicted molar refractivity (Wildman–Crippen MR) is 82.7 cm³/mol. The van der Waals surface area contributed by atoms with Crippen LogP contribution >= 0.6 is 15.9 Å². The molecule has 22 heavy (non-hydrogen) atoms. The quantitative estimate of drug-likeness (QED) is 0.747. The lowest BCUT2D eigenvalue weighted by Gasteiger charge is -2.11. The number of hydrogen-bond acceptors (Lipinski definition) is 5. The van der Waals surface area contributed by atoms with Crippen LogP contribution in [0, 0.1) is 0 Å². The molecule has 0 aliphatic carbocycles. The molecule has 120 valence electrons. The Kier molecular flexibility index (Phi) is 6.84. The van der Waals surface area contributed by atoms with Crippen molar-refractivity contribution in [1.82, 2.24) is 10.2 Å². The van der Waals surface area contributed by atoms with Gasteiger partial charge in [-0.15, -0.1) is 0 Å². The molecule has 0 saturated heterocycles. The molecule has 0 aliphatic rings. The van der Waals surface area contributed by atoms with E-state index in [-0.39, 0.29) is 18.0 Å². The van der Waals surface area contributed by atoms with Crippen molar-refractivity contribution in [2.75, 3.05) is 34.4 Å². The van der Waals surface area contributed by atoms with Gasteiger partial charge in [-0.25, -0.2) is 4.79 Å². The average molecular weight is 373 g/mol. The molecule has 0 heterocycles. The van der Waals surface area contributed by atoms with Crippen LogP contribution in [0.4, 0.5) is 0 Å². The molecule has 1 rings (SSSR count). The molecule has 0 saturated carbocycles. The first kappa shape index (κ1) is 18.0. The average Bonchev–Trinajstić information content (AvgIpc) is 2.50.